The molecule has 0 saturated heterocycles. The third-order valence-electron chi connectivity index (χ3n) is 3.58. The van der Waals surface area contributed by atoms with Gasteiger partial charge in [0.25, 0.3) is 0 Å². The highest BCUT2D eigenvalue weighted by Crippen LogP contribution is 2.24. The van der Waals surface area contributed by atoms with Crippen molar-refractivity contribution >= 4 is 24.2 Å². The molecule has 0 aliphatic carbocycles. The van der Waals surface area contributed by atoms with Gasteiger partial charge < -0.3 is 21.1 Å². The molecule has 7 heteroatoms. The van der Waals surface area contributed by atoms with Crippen molar-refractivity contribution in [1.29, 1.82) is 0 Å². The third-order valence-corrected chi connectivity index (χ3v) is 3.58. The second kappa shape index (κ2) is 10.9. The number of rotatable bonds is 9. The van der Waals surface area contributed by atoms with Crippen molar-refractivity contribution in [2.45, 2.75) is 33.1 Å². The quantitative estimate of drug-likeness (QED) is 0.614. The maximum Gasteiger partial charge on any atom is 0.239 e. The highest BCUT2D eigenvalue weighted by atomic mass is 35.5. The van der Waals surface area contributed by atoms with E-state index in [-0.39, 0.29) is 42.7 Å². The first kappa shape index (κ1) is 23.2. The lowest BCUT2D eigenvalue weighted by molar-refractivity contribution is -0.125. The first-order valence-corrected chi connectivity index (χ1v) is 8.21. The lowest BCUT2D eigenvalue weighted by atomic mass is 9.84. The number of carbonyl (C=O) groups is 2. The van der Waals surface area contributed by atoms with Crippen molar-refractivity contribution < 1.29 is 14.3 Å². The minimum atomic E-state index is -0.346. The summed E-state index contributed by atoms with van der Waals surface area (Å²) in [5, 5.41) is 5.28. The predicted molar refractivity (Wildman–Crippen MR) is 102 cm³/mol. The van der Waals surface area contributed by atoms with Crippen LogP contribution in [0.15, 0.2) is 24.3 Å². The Morgan fingerprint density at radius 1 is 1.12 bits per heavy atom. The molecule has 1 aromatic carbocycles. The molecule has 0 saturated carbocycles. The van der Waals surface area contributed by atoms with Crippen LogP contribution in [0.25, 0.3) is 0 Å². The molecule has 0 heterocycles. The molecule has 1 aromatic rings. The Kier molecular flexibility index (Phi) is 10.2. The van der Waals surface area contributed by atoms with E-state index in [1.807, 2.05) is 24.3 Å². The summed E-state index contributed by atoms with van der Waals surface area (Å²) in [7, 11) is 0. The number of nitrogens with one attached hydrogen (secondary N) is 2. The topological polar surface area (TPSA) is 93.5 Å². The number of amides is 2. The number of carbonyl (C=O) groups excluding carboxylic acids is 2. The number of hydrogen-bond acceptors (Lipinski definition) is 4. The largest absolute Gasteiger partial charge is 0.493 e. The molecule has 2 amide bonds. The summed E-state index contributed by atoms with van der Waals surface area (Å²) in [6.07, 6.45) is 0. The Hall–Kier alpha value is -1.79. The van der Waals surface area contributed by atoms with Crippen LogP contribution in [0.5, 0.6) is 5.75 Å². The summed E-state index contributed by atoms with van der Waals surface area (Å²) in [5.41, 5.74) is 6.04. The van der Waals surface area contributed by atoms with Crippen LogP contribution in [0.2, 0.25) is 0 Å². The van der Waals surface area contributed by atoms with E-state index in [4.69, 9.17) is 10.5 Å². The van der Waals surface area contributed by atoms with Gasteiger partial charge in [0.05, 0.1) is 19.7 Å². The van der Waals surface area contributed by atoms with E-state index in [1.165, 1.54) is 0 Å². The summed E-state index contributed by atoms with van der Waals surface area (Å²) in [4.78, 5) is 22.8. The molecule has 0 aliphatic heterocycles. The second-order valence-corrected chi connectivity index (χ2v) is 6.87. The predicted octanol–water partition coefficient (Wildman–Crippen LogP) is 1.61. The zero-order valence-electron chi connectivity index (χ0n) is 15.4. The zero-order chi connectivity index (χ0) is 18.2. The van der Waals surface area contributed by atoms with E-state index in [0.29, 0.717) is 19.1 Å². The third kappa shape index (κ3) is 8.74. The minimum Gasteiger partial charge on any atom is -0.493 e. The Bertz CT molecular complexity index is 545. The average molecular weight is 372 g/mol. The number of benzene rings is 1. The lowest BCUT2D eigenvalue weighted by Gasteiger charge is -2.26. The Morgan fingerprint density at radius 2 is 1.72 bits per heavy atom. The van der Waals surface area contributed by atoms with Crippen LogP contribution < -0.4 is 21.1 Å². The van der Waals surface area contributed by atoms with Gasteiger partial charge in [0.2, 0.25) is 11.8 Å². The SMILES string of the molecule is CC(C)COc1ccc(C(C)(C)CNC(=O)CNC(=O)CN)cc1.Cl. The molecule has 0 aliphatic rings. The van der Waals surface area contributed by atoms with Gasteiger partial charge >= 0.3 is 0 Å². The molecule has 0 aromatic heterocycles. The van der Waals surface area contributed by atoms with Crippen molar-refractivity contribution in [2.75, 3.05) is 26.2 Å². The van der Waals surface area contributed by atoms with Crippen molar-refractivity contribution in [2.24, 2.45) is 11.7 Å². The van der Waals surface area contributed by atoms with Gasteiger partial charge in [-0.25, -0.2) is 0 Å². The van der Waals surface area contributed by atoms with Crippen LogP contribution >= 0.6 is 12.4 Å². The van der Waals surface area contributed by atoms with Crippen LogP contribution in [0.3, 0.4) is 0 Å². The fourth-order valence-electron chi connectivity index (χ4n) is 2.00. The smallest absolute Gasteiger partial charge is 0.239 e. The van der Waals surface area contributed by atoms with Gasteiger partial charge in [-0.05, 0) is 23.6 Å². The van der Waals surface area contributed by atoms with Gasteiger partial charge in [-0.3, -0.25) is 9.59 Å². The van der Waals surface area contributed by atoms with Crippen LogP contribution in [0.4, 0.5) is 0 Å². The molecule has 1 rings (SSSR count). The van der Waals surface area contributed by atoms with Crippen molar-refractivity contribution in [3.05, 3.63) is 29.8 Å². The standard InChI is InChI=1S/C18H29N3O3.ClH/c1-13(2)11-24-15-7-5-14(6-8-15)18(3,4)12-21-17(23)10-20-16(22)9-19;/h5-8,13H,9-12,19H2,1-4H3,(H,20,22)(H,21,23);1H. The molecule has 0 radical (unpaired) electrons. The fourth-order valence-corrected chi connectivity index (χ4v) is 2.00. The minimum absolute atomic E-state index is 0. The first-order chi connectivity index (χ1) is 11.2. The summed E-state index contributed by atoms with van der Waals surface area (Å²) in [6.45, 7) is 9.29. The summed E-state index contributed by atoms with van der Waals surface area (Å²) in [5.74, 6) is 0.746. The lowest BCUT2D eigenvalue weighted by Crippen LogP contribution is -2.43. The van der Waals surface area contributed by atoms with E-state index < -0.39 is 0 Å². The molecule has 0 unspecified atom stereocenters. The zero-order valence-corrected chi connectivity index (χ0v) is 16.2. The van der Waals surface area contributed by atoms with Crippen LogP contribution in [0, 0.1) is 5.92 Å². The van der Waals surface area contributed by atoms with Crippen molar-refractivity contribution in [3.8, 4) is 5.75 Å². The number of halogens is 1. The molecular weight excluding hydrogens is 342 g/mol. The average Bonchev–Trinajstić information content (AvgIpc) is 2.56. The van der Waals surface area contributed by atoms with Crippen LogP contribution in [0.1, 0.15) is 33.3 Å². The number of hydrogen-bond donors (Lipinski definition) is 3. The molecule has 0 fully saturated rings. The maximum absolute atomic E-state index is 11.8. The van der Waals surface area contributed by atoms with Gasteiger partial charge in [-0.1, -0.05) is 39.8 Å². The maximum atomic E-state index is 11.8. The van der Waals surface area contributed by atoms with Gasteiger partial charge in [0, 0.05) is 12.0 Å². The molecule has 0 atom stereocenters. The summed E-state index contributed by atoms with van der Waals surface area (Å²) in [6, 6.07) is 7.92. The molecule has 4 N–H and O–H groups in total. The molecule has 6 nitrogen and oxygen atoms in total. The summed E-state index contributed by atoms with van der Waals surface area (Å²) >= 11 is 0. The number of ether oxygens (including phenoxy) is 1. The molecule has 25 heavy (non-hydrogen) atoms. The Morgan fingerprint density at radius 3 is 2.24 bits per heavy atom. The van der Waals surface area contributed by atoms with E-state index >= 15 is 0 Å². The van der Waals surface area contributed by atoms with Gasteiger partial charge in [0.1, 0.15) is 5.75 Å². The first-order valence-electron chi connectivity index (χ1n) is 8.21. The Labute approximate surface area is 156 Å². The van der Waals surface area contributed by atoms with E-state index in [1.54, 1.807) is 0 Å². The monoisotopic (exact) mass is 371 g/mol. The van der Waals surface area contributed by atoms with Crippen molar-refractivity contribution in [3.63, 3.8) is 0 Å². The fraction of sp³-hybridized carbons (Fsp3) is 0.556. The molecule has 142 valence electrons. The number of nitrogens with two attached hydrogens (primary N) is 1. The van der Waals surface area contributed by atoms with Gasteiger partial charge in [0.15, 0.2) is 0 Å². The summed E-state index contributed by atoms with van der Waals surface area (Å²) < 4.78 is 5.68. The highest BCUT2D eigenvalue weighted by Gasteiger charge is 2.21. The van der Waals surface area contributed by atoms with E-state index in [2.05, 4.69) is 38.3 Å². The van der Waals surface area contributed by atoms with Crippen molar-refractivity contribution in [1.82, 2.24) is 10.6 Å². The highest BCUT2D eigenvalue weighted by molar-refractivity contribution is 5.85. The normalized spacial score (nSPS) is 10.8. The van der Waals surface area contributed by atoms with Crippen LogP contribution in [-0.2, 0) is 15.0 Å². The van der Waals surface area contributed by atoms with E-state index in [9.17, 15) is 9.59 Å². The van der Waals surface area contributed by atoms with E-state index in [0.717, 1.165) is 11.3 Å². The van der Waals surface area contributed by atoms with Gasteiger partial charge in [-0.2, -0.15) is 0 Å². The molecular formula is C18H30ClN3O3. The molecule has 0 spiro atoms. The Balaban J connectivity index is 0.00000576. The second-order valence-electron chi connectivity index (χ2n) is 6.87. The van der Waals surface area contributed by atoms with Crippen LogP contribution in [-0.4, -0.2) is 38.1 Å². The van der Waals surface area contributed by atoms with Gasteiger partial charge in [-0.15, -0.1) is 12.4 Å². The molecule has 0 bridgehead atoms.